The van der Waals surface area contributed by atoms with Crippen molar-refractivity contribution >= 4 is 16.5 Å². The lowest BCUT2D eigenvalue weighted by molar-refractivity contribution is 0.430. The van der Waals surface area contributed by atoms with Crippen LogP contribution in [0.3, 0.4) is 0 Å². The molecule has 2 aliphatic carbocycles. The summed E-state index contributed by atoms with van der Waals surface area (Å²) in [7, 11) is 0. The highest BCUT2D eigenvalue weighted by Gasteiger charge is 2.36. The van der Waals surface area contributed by atoms with Crippen LogP contribution in [-0.2, 0) is 6.54 Å². The Bertz CT molecular complexity index is 474. The molecular formula is C16H25N3S. The SMILES string of the molecule is NCc1sc(N2CCCC2C2CCCC2)nc1C1CC1. The first kappa shape index (κ1) is 13.1. The van der Waals surface area contributed by atoms with E-state index in [4.69, 9.17) is 10.7 Å². The van der Waals surface area contributed by atoms with Crippen LogP contribution in [0.2, 0.25) is 0 Å². The quantitative estimate of drug-likeness (QED) is 0.921. The molecule has 2 saturated carbocycles. The summed E-state index contributed by atoms with van der Waals surface area (Å²) in [5, 5.41) is 1.28. The van der Waals surface area contributed by atoms with E-state index in [2.05, 4.69) is 4.90 Å². The fourth-order valence-electron chi connectivity index (χ4n) is 4.16. The summed E-state index contributed by atoms with van der Waals surface area (Å²) in [6, 6.07) is 0.765. The number of hydrogen-bond acceptors (Lipinski definition) is 4. The van der Waals surface area contributed by atoms with E-state index in [1.807, 2.05) is 11.3 Å². The summed E-state index contributed by atoms with van der Waals surface area (Å²) in [6.45, 7) is 1.88. The minimum absolute atomic E-state index is 0.672. The van der Waals surface area contributed by atoms with Crippen LogP contribution < -0.4 is 10.6 Å². The fourth-order valence-corrected chi connectivity index (χ4v) is 5.27. The molecule has 4 rings (SSSR count). The molecule has 0 bridgehead atoms. The largest absolute Gasteiger partial charge is 0.345 e. The lowest BCUT2D eigenvalue weighted by atomic mass is 9.96. The number of nitrogens with two attached hydrogens (primary N) is 1. The van der Waals surface area contributed by atoms with Gasteiger partial charge in [0.05, 0.1) is 5.69 Å². The van der Waals surface area contributed by atoms with Gasteiger partial charge in [0.2, 0.25) is 0 Å². The molecule has 0 amide bonds. The summed E-state index contributed by atoms with van der Waals surface area (Å²) in [5.74, 6) is 1.65. The summed E-state index contributed by atoms with van der Waals surface area (Å²) < 4.78 is 0. The second-order valence-electron chi connectivity index (χ2n) is 6.73. The molecule has 3 aliphatic rings. The molecule has 3 fully saturated rings. The average Bonchev–Trinajstić information content (AvgIpc) is 2.92. The van der Waals surface area contributed by atoms with Crippen molar-refractivity contribution in [3.8, 4) is 0 Å². The van der Waals surface area contributed by atoms with E-state index >= 15 is 0 Å². The molecule has 2 N–H and O–H groups in total. The van der Waals surface area contributed by atoms with Gasteiger partial charge in [0.25, 0.3) is 0 Å². The second kappa shape index (κ2) is 5.30. The van der Waals surface area contributed by atoms with Crippen LogP contribution in [0.1, 0.15) is 67.9 Å². The Kier molecular flexibility index (Phi) is 3.47. The number of aromatic nitrogens is 1. The Balaban J connectivity index is 1.59. The van der Waals surface area contributed by atoms with Gasteiger partial charge in [-0.1, -0.05) is 12.8 Å². The maximum atomic E-state index is 5.94. The van der Waals surface area contributed by atoms with Crippen LogP contribution in [0.25, 0.3) is 0 Å². The molecule has 1 aromatic rings. The first-order valence-corrected chi connectivity index (χ1v) is 9.15. The van der Waals surface area contributed by atoms with Crippen LogP contribution in [0.5, 0.6) is 0 Å². The molecule has 4 heteroatoms. The molecule has 1 atom stereocenters. The van der Waals surface area contributed by atoms with Gasteiger partial charge < -0.3 is 10.6 Å². The van der Waals surface area contributed by atoms with Gasteiger partial charge in [-0.05, 0) is 44.4 Å². The molecule has 2 heterocycles. The topological polar surface area (TPSA) is 42.1 Å². The first-order valence-electron chi connectivity index (χ1n) is 8.33. The molecular weight excluding hydrogens is 266 g/mol. The third kappa shape index (κ3) is 2.27. The van der Waals surface area contributed by atoms with Crippen molar-refractivity contribution in [3.63, 3.8) is 0 Å². The van der Waals surface area contributed by atoms with E-state index in [0.717, 1.165) is 17.9 Å². The van der Waals surface area contributed by atoms with Crippen molar-refractivity contribution in [1.29, 1.82) is 0 Å². The lowest BCUT2D eigenvalue weighted by Crippen LogP contribution is -2.34. The third-order valence-electron chi connectivity index (χ3n) is 5.35. The molecule has 1 saturated heterocycles. The predicted molar refractivity (Wildman–Crippen MR) is 84.3 cm³/mol. The van der Waals surface area contributed by atoms with Gasteiger partial charge in [-0.2, -0.15) is 0 Å². The van der Waals surface area contributed by atoms with Crippen LogP contribution in [0.15, 0.2) is 0 Å². The minimum atomic E-state index is 0.672. The van der Waals surface area contributed by atoms with Gasteiger partial charge in [-0.25, -0.2) is 4.98 Å². The summed E-state index contributed by atoms with van der Waals surface area (Å²) in [4.78, 5) is 8.99. The van der Waals surface area contributed by atoms with Crippen molar-refractivity contribution in [3.05, 3.63) is 10.6 Å². The third-order valence-corrected chi connectivity index (χ3v) is 6.49. The summed E-state index contributed by atoms with van der Waals surface area (Å²) in [6.07, 6.45) is 11.1. The van der Waals surface area contributed by atoms with Crippen LogP contribution in [0.4, 0.5) is 5.13 Å². The van der Waals surface area contributed by atoms with Crippen molar-refractivity contribution in [1.82, 2.24) is 4.98 Å². The highest BCUT2D eigenvalue weighted by molar-refractivity contribution is 7.15. The van der Waals surface area contributed by atoms with E-state index in [1.54, 1.807) is 0 Å². The summed E-state index contributed by atoms with van der Waals surface area (Å²) >= 11 is 1.88. The van der Waals surface area contributed by atoms with Crippen LogP contribution >= 0.6 is 11.3 Å². The zero-order chi connectivity index (χ0) is 13.5. The number of nitrogens with zero attached hydrogens (tertiary/aromatic N) is 2. The molecule has 3 nitrogen and oxygen atoms in total. The molecule has 1 unspecified atom stereocenters. The zero-order valence-corrected chi connectivity index (χ0v) is 13.0. The minimum Gasteiger partial charge on any atom is -0.345 e. The van der Waals surface area contributed by atoms with E-state index in [9.17, 15) is 0 Å². The Hall–Kier alpha value is -0.610. The Morgan fingerprint density at radius 1 is 1.10 bits per heavy atom. The smallest absolute Gasteiger partial charge is 0.186 e. The van der Waals surface area contributed by atoms with Crippen LogP contribution in [0, 0.1) is 5.92 Å². The van der Waals surface area contributed by atoms with E-state index in [1.165, 1.54) is 73.6 Å². The fraction of sp³-hybridized carbons (Fsp3) is 0.812. The molecule has 1 aliphatic heterocycles. The highest BCUT2D eigenvalue weighted by atomic mass is 32.1. The molecule has 20 heavy (non-hydrogen) atoms. The number of hydrogen-bond donors (Lipinski definition) is 1. The number of rotatable bonds is 4. The van der Waals surface area contributed by atoms with Gasteiger partial charge in [-0.3, -0.25) is 0 Å². The maximum Gasteiger partial charge on any atom is 0.186 e. The van der Waals surface area contributed by atoms with E-state index < -0.39 is 0 Å². The zero-order valence-electron chi connectivity index (χ0n) is 12.2. The Morgan fingerprint density at radius 3 is 2.60 bits per heavy atom. The van der Waals surface area contributed by atoms with E-state index in [0.29, 0.717) is 6.54 Å². The number of thiazole rings is 1. The normalized spacial score (nSPS) is 27.6. The van der Waals surface area contributed by atoms with Gasteiger partial charge in [0.15, 0.2) is 5.13 Å². The monoisotopic (exact) mass is 291 g/mol. The average molecular weight is 291 g/mol. The molecule has 0 aromatic carbocycles. The van der Waals surface area contributed by atoms with Gasteiger partial charge in [0.1, 0.15) is 0 Å². The predicted octanol–water partition coefficient (Wildman–Crippen LogP) is 3.64. The Labute approximate surface area is 125 Å². The van der Waals surface area contributed by atoms with Crippen molar-refractivity contribution < 1.29 is 0 Å². The van der Waals surface area contributed by atoms with Gasteiger partial charge in [0, 0.05) is 29.9 Å². The van der Waals surface area contributed by atoms with Crippen molar-refractivity contribution in [2.45, 2.75) is 69.9 Å². The summed E-state index contributed by atoms with van der Waals surface area (Å²) in [5.41, 5.74) is 7.27. The second-order valence-corrected chi connectivity index (χ2v) is 7.79. The standard InChI is InChI=1S/C16H25N3S/c17-10-14-15(12-7-8-12)18-16(20-14)19-9-3-6-13(19)11-4-1-2-5-11/h11-13H,1-10,17H2. The highest BCUT2D eigenvalue weighted by Crippen LogP contribution is 2.46. The van der Waals surface area contributed by atoms with Crippen molar-refractivity contribution in [2.24, 2.45) is 11.7 Å². The lowest BCUT2D eigenvalue weighted by Gasteiger charge is -2.29. The van der Waals surface area contributed by atoms with E-state index in [-0.39, 0.29) is 0 Å². The first-order chi connectivity index (χ1) is 9.86. The number of anilines is 1. The Morgan fingerprint density at radius 2 is 1.90 bits per heavy atom. The van der Waals surface area contributed by atoms with Crippen LogP contribution in [-0.4, -0.2) is 17.6 Å². The molecule has 1 aromatic heterocycles. The molecule has 0 radical (unpaired) electrons. The molecule has 110 valence electrons. The van der Waals surface area contributed by atoms with Crippen molar-refractivity contribution in [2.75, 3.05) is 11.4 Å². The van der Waals surface area contributed by atoms with Gasteiger partial charge >= 0.3 is 0 Å². The van der Waals surface area contributed by atoms with Gasteiger partial charge in [-0.15, -0.1) is 11.3 Å². The molecule has 0 spiro atoms. The maximum absolute atomic E-state index is 5.94.